The van der Waals surface area contributed by atoms with E-state index in [1.54, 1.807) is 50.1 Å². The van der Waals surface area contributed by atoms with Gasteiger partial charge in [0.05, 0.1) is 30.9 Å². The fourth-order valence-corrected chi connectivity index (χ4v) is 5.25. The largest absolute Gasteiger partial charge is 0.497 e. The molecule has 0 aromatic heterocycles. The van der Waals surface area contributed by atoms with Gasteiger partial charge in [-0.2, -0.15) is 13.2 Å². The summed E-state index contributed by atoms with van der Waals surface area (Å²) in [6.07, 6.45) is -3.86. The fraction of sp³-hybridized carbons (Fsp3) is 0.433. The quantitative estimate of drug-likeness (QED) is 0.458. The number of ether oxygens (including phenoxy) is 2. The van der Waals surface area contributed by atoms with Crippen LogP contribution in [0.15, 0.2) is 59.8 Å². The van der Waals surface area contributed by atoms with Gasteiger partial charge in [-0.25, -0.2) is 9.59 Å². The van der Waals surface area contributed by atoms with Crippen molar-refractivity contribution < 1.29 is 37.0 Å². The molecular weight excluding hydrogens is 553 g/mol. The Morgan fingerprint density at radius 1 is 1.02 bits per heavy atom. The number of hydrogen-bond donors (Lipinski definition) is 1. The number of halogens is 3. The predicted molar refractivity (Wildman–Crippen MR) is 149 cm³/mol. The molecule has 12 heteroatoms. The smallest absolute Gasteiger partial charge is 0.416 e. The molecule has 0 saturated carbocycles. The van der Waals surface area contributed by atoms with Crippen molar-refractivity contribution in [3.05, 3.63) is 76.5 Å². The van der Waals surface area contributed by atoms with Crippen molar-refractivity contribution in [3.63, 3.8) is 0 Å². The van der Waals surface area contributed by atoms with Crippen LogP contribution < -0.4 is 10.1 Å². The van der Waals surface area contributed by atoms with Gasteiger partial charge in [-0.15, -0.1) is 0 Å². The van der Waals surface area contributed by atoms with Crippen molar-refractivity contribution in [2.24, 2.45) is 0 Å². The molecule has 3 amide bonds. The molecule has 1 N–H and O–H groups in total. The van der Waals surface area contributed by atoms with Crippen LogP contribution >= 0.6 is 0 Å². The highest BCUT2D eigenvalue weighted by molar-refractivity contribution is 5.95. The maximum absolute atomic E-state index is 13.3. The fourth-order valence-electron chi connectivity index (χ4n) is 5.25. The van der Waals surface area contributed by atoms with Crippen molar-refractivity contribution in [3.8, 4) is 5.75 Å². The van der Waals surface area contributed by atoms with E-state index >= 15 is 0 Å². The molecule has 2 heterocycles. The molecule has 9 nitrogen and oxygen atoms in total. The van der Waals surface area contributed by atoms with Crippen LogP contribution in [-0.4, -0.2) is 85.6 Å². The van der Waals surface area contributed by atoms with Crippen molar-refractivity contribution in [2.75, 3.05) is 53.0 Å². The second-order valence-corrected chi connectivity index (χ2v) is 9.98. The van der Waals surface area contributed by atoms with Gasteiger partial charge < -0.3 is 19.7 Å². The van der Waals surface area contributed by atoms with Gasteiger partial charge >= 0.3 is 18.2 Å². The monoisotopic (exact) mass is 588 g/mol. The molecule has 42 heavy (non-hydrogen) atoms. The van der Waals surface area contributed by atoms with Crippen molar-refractivity contribution in [1.82, 2.24) is 20.0 Å². The van der Waals surface area contributed by atoms with E-state index in [2.05, 4.69) is 10.2 Å². The minimum atomic E-state index is -4.52. The molecule has 1 saturated heterocycles. The first-order valence-corrected chi connectivity index (χ1v) is 13.9. The molecule has 0 aliphatic carbocycles. The molecule has 226 valence electrons. The maximum Gasteiger partial charge on any atom is 0.416 e. The molecule has 2 aromatic rings. The average Bonchev–Trinajstić information content (AvgIpc) is 3.22. The number of carbonyl (C=O) groups is 3. The summed E-state index contributed by atoms with van der Waals surface area (Å²) in [5, 5.41) is 2.78. The molecule has 1 fully saturated rings. The van der Waals surface area contributed by atoms with Gasteiger partial charge in [0.15, 0.2) is 0 Å². The van der Waals surface area contributed by atoms with Gasteiger partial charge in [0.2, 0.25) is 0 Å². The van der Waals surface area contributed by atoms with E-state index in [0.717, 1.165) is 12.1 Å². The molecule has 1 atom stereocenters. The third-order valence-corrected chi connectivity index (χ3v) is 7.39. The number of nitrogens with one attached hydrogen (secondary N) is 1. The van der Waals surface area contributed by atoms with E-state index in [1.165, 1.54) is 17.0 Å². The average molecular weight is 589 g/mol. The second kappa shape index (κ2) is 13.3. The van der Waals surface area contributed by atoms with Gasteiger partial charge in [0.25, 0.3) is 5.91 Å². The first-order chi connectivity index (χ1) is 20.1. The van der Waals surface area contributed by atoms with Crippen molar-refractivity contribution in [2.45, 2.75) is 32.5 Å². The molecule has 2 aliphatic rings. The number of esters is 1. The summed E-state index contributed by atoms with van der Waals surface area (Å²) >= 11 is 0. The van der Waals surface area contributed by atoms with E-state index in [0.29, 0.717) is 55.2 Å². The SMILES string of the molecule is CCOC(=O)C1=C(CN2CCCN(C(=O)c3cccc(OC)c3)CC2)N(CC)C(=O)NC1c1ccc(C(F)(F)F)cc1. The van der Waals surface area contributed by atoms with Crippen LogP contribution in [0, 0.1) is 0 Å². The molecular formula is C30H35F3N4O5. The Labute approximate surface area is 242 Å². The number of amides is 3. The maximum atomic E-state index is 13.3. The second-order valence-electron chi connectivity index (χ2n) is 9.98. The van der Waals surface area contributed by atoms with E-state index in [1.807, 2.05) is 0 Å². The minimum Gasteiger partial charge on any atom is -0.497 e. The van der Waals surface area contributed by atoms with E-state index in [4.69, 9.17) is 9.47 Å². The predicted octanol–water partition coefficient (Wildman–Crippen LogP) is 4.47. The normalized spacial score (nSPS) is 18.4. The van der Waals surface area contributed by atoms with E-state index < -0.39 is 29.8 Å². The zero-order valence-corrected chi connectivity index (χ0v) is 23.9. The molecule has 0 spiro atoms. The number of urea groups is 1. The minimum absolute atomic E-state index is 0.0838. The van der Waals surface area contributed by atoms with Crippen LogP contribution in [0.2, 0.25) is 0 Å². The number of carbonyl (C=O) groups excluding carboxylic acids is 3. The Balaban J connectivity index is 1.62. The van der Waals surface area contributed by atoms with Crippen LogP contribution in [0.1, 0.15) is 47.8 Å². The third kappa shape index (κ3) is 6.87. The highest BCUT2D eigenvalue weighted by atomic mass is 19.4. The Kier molecular flexibility index (Phi) is 9.77. The van der Waals surface area contributed by atoms with E-state index in [-0.39, 0.29) is 31.2 Å². The van der Waals surface area contributed by atoms with Gasteiger partial charge in [0.1, 0.15) is 5.75 Å². The zero-order valence-electron chi connectivity index (χ0n) is 23.9. The Bertz CT molecular complexity index is 1330. The Morgan fingerprint density at radius 2 is 1.76 bits per heavy atom. The van der Waals surface area contributed by atoms with Crippen LogP contribution in [0.4, 0.5) is 18.0 Å². The lowest BCUT2D eigenvalue weighted by atomic mass is 9.93. The summed E-state index contributed by atoms with van der Waals surface area (Å²) < 4.78 is 50.2. The summed E-state index contributed by atoms with van der Waals surface area (Å²) in [4.78, 5) is 45.0. The van der Waals surface area contributed by atoms with Crippen LogP contribution in [0.3, 0.4) is 0 Å². The van der Waals surface area contributed by atoms with Gasteiger partial charge in [-0.05, 0) is 56.2 Å². The van der Waals surface area contributed by atoms with Gasteiger partial charge in [-0.1, -0.05) is 18.2 Å². The standard InChI is InChI=1S/C30H35F3N4O5/c1-4-37-24(19-35-14-7-15-36(17-16-35)27(38)21-8-6-9-23(18-21)41-3)25(28(39)42-5-2)26(34-29(37)40)20-10-12-22(13-11-20)30(31,32)33/h6,8-13,18,26H,4-5,7,14-17,19H2,1-3H3,(H,34,40). The zero-order chi connectivity index (χ0) is 30.4. The summed E-state index contributed by atoms with van der Waals surface area (Å²) in [6.45, 7) is 6.04. The van der Waals surface area contributed by atoms with Crippen molar-refractivity contribution >= 4 is 17.9 Å². The third-order valence-electron chi connectivity index (χ3n) is 7.39. The number of hydrogen-bond acceptors (Lipinski definition) is 6. The number of benzene rings is 2. The van der Waals surface area contributed by atoms with Crippen LogP contribution in [0.25, 0.3) is 0 Å². The van der Waals surface area contributed by atoms with Gasteiger partial charge in [-0.3, -0.25) is 14.6 Å². The van der Waals surface area contributed by atoms with Crippen molar-refractivity contribution in [1.29, 1.82) is 0 Å². The summed E-state index contributed by atoms with van der Waals surface area (Å²) in [5.41, 5.74) is 0.626. The first-order valence-electron chi connectivity index (χ1n) is 13.9. The summed E-state index contributed by atoms with van der Waals surface area (Å²) in [5.74, 6) is -0.175. The first kappa shape index (κ1) is 30.9. The Morgan fingerprint density at radius 3 is 2.40 bits per heavy atom. The van der Waals surface area contributed by atoms with E-state index in [9.17, 15) is 27.6 Å². The highest BCUT2D eigenvalue weighted by Crippen LogP contribution is 2.35. The molecule has 0 radical (unpaired) electrons. The molecule has 0 bridgehead atoms. The van der Waals surface area contributed by atoms with Gasteiger partial charge in [0, 0.05) is 50.5 Å². The number of methoxy groups -OCH3 is 1. The molecule has 2 aromatic carbocycles. The van der Waals surface area contributed by atoms with Crippen LogP contribution in [0.5, 0.6) is 5.75 Å². The topological polar surface area (TPSA) is 91.4 Å². The molecule has 1 unspecified atom stereocenters. The number of likely N-dealkylation sites (N-methyl/N-ethyl adjacent to an activating group) is 1. The lowest BCUT2D eigenvalue weighted by Gasteiger charge is -2.38. The lowest BCUT2D eigenvalue weighted by molar-refractivity contribution is -0.139. The summed E-state index contributed by atoms with van der Waals surface area (Å²) in [6, 6.07) is 9.91. The Hall–Kier alpha value is -4.06. The van der Waals surface area contributed by atoms with Crippen LogP contribution in [-0.2, 0) is 15.7 Å². The molecule has 2 aliphatic heterocycles. The molecule has 4 rings (SSSR count). The number of nitrogens with zero attached hydrogens (tertiary/aromatic N) is 3. The summed E-state index contributed by atoms with van der Waals surface area (Å²) in [7, 11) is 1.54. The lowest BCUT2D eigenvalue weighted by Crippen LogP contribution is -2.51. The highest BCUT2D eigenvalue weighted by Gasteiger charge is 2.39. The number of rotatable bonds is 8. The number of alkyl halides is 3.